The number of aryl methyl sites for hydroxylation is 1. The van der Waals surface area contributed by atoms with Gasteiger partial charge in [0.25, 0.3) is 5.56 Å². The first-order valence-electron chi connectivity index (χ1n) is 6.30. The third-order valence-electron chi connectivity index (χ3n) is 3.17. The van der Waals surface area contributed by atoms with Gasteiger partial charge < -0.3 is 9.67 Å². The van der Waals surface area contributed by atoms with Crippen molar-refractivity contribution in [2.45, 2.75) is 13.0 Å². The molecule has 0 saturated carbocycles. The van der Waals surface area contributed by atoms with E-state index >= 15 is 0 Å². The van der Waals surface area contributed by atoms with E-state index in [0.717, 1.165) is 5.56 Å². The molecule has 0 amide bonds. The third kappa shape index (κ3) is 3.45. The zero-order valence-electron chi connectivity index (χ0n) is 11.3. The van der Waals surface area contributed by atoms with Crippen LogP contribution in [0.3, 0.4) is 0 Å². The fourth-order valence-electron chi connectivity index (χ4n) is 2.01. The van der Waals surface area contributed by atoms with Crippen molar-refractivity contribution >= 4 is 39.8 Å². The van der Waals surface area contributed by atoms with Crippen LogP contribution in [-0.4, -0.2) is 21.9 Å². The number of nitrogens with zero attached hydrogens (tertiary/aromatic N) is 1. The molecular formula is C15H11BrClNO4. The van der Waals surface area contributed by atoms with E-state index in [-0.39, 0.29) is 22.8 Å². The number of aromatic carboxylic acids is 1. The molecule has 0 aliphatic rings. The number of benzene rings is 1. The maximum Gasteiger partial charge on any atom is 0.335 e. The van der Waals surface area contributed by atoms with E-state index in [1.54, 1.807) is 12.1 Å². The Kier molecular flexibility index (Phi) is 5.15. The number of carboxylic acids is 1. The van der Waals surface area contributed by atoms with E-state index in [4.69, 9.17) is 16.7 Å². The Morgan fingerprint density at radius 1 is 1.32 bits per heavy atom. The molecule has 2 rings (SSSR count). The summed E-state index contributed by atoms with van der Waals surface area (Å²) in [5, 5.41) is 8.87. The Bertz CT molecular complexity index is 783. The largest absolute Gasteiger partial charge is 0.478 e. The van der Waals surface area contributed by atoms with Crippen LogP contribution in [0.15, 0.2) is 39.6 Å². The highest BCUT2D eigenvalue weighted by atomic mass is 79.9. The average molecular weight is 385 g/mol. The van der Waals surface area contributed by atoms with Gasteiger partial charge in [0.05, 0.1) is 11.3 Å². The molecule has 1 heterocycles. The van der Waals surface area contributed by atoms with Crippen LogP contribution < -0.4 is 5.56 Å². The van der Waals surface area contributed by atoms with Crippen LogP contribution in [-0.2, 0) is 13.0 Å². The van der Waals surface area contributed by atoms with Gasteiger partial charge >= 0.3 is 5.97 Å². The lowest BCUT2D eigenvalue weighted by Crippen LogP contribution is -2.25. The van der Waals surface area contributed by atoms with Crippen molar-refractivity contribution in [1.29, 1.82) is 0 Å². The second-order valence-electron chi connectivity index (χ2n) is 4.55. The minimum atomic E-state index is -0.996. The highest BCUT2D eigenvalue weighted by Crippen LogP contribution is 2.18. The number of pyridine rings is 1. The summed E-state index contributed by atoms with van der Waals surface area (Å²) in [6.07, 6.45) is 1.06. The number of carbonyl (C=O) groups excluding carboxylic acids is 1. The van der Waals surface area contributed by atoms with Crippen LogP contribution in [0, 0.1) is 0 Å². The molecule has 1 N–H and O–H groups in total. The Hall–Kier alpha value is -1.92. The zero-order valence-corrected chi connectivity index (χ0v) is 13.6. The van der Waals surface area contributed by atoms with Crippen molar-refractivity contribution in [3.63, 3.8) is 0 Å². The molecule has 0 saturated heterocycles. The van der Waals surface area contributed by atoms with Gasteiger partial charge in [0.2, 0.25) is 0 Å². The van der Waals surface area contributed by atoms with E-state index < -0.39 is 11.5 Å². The SMILES string of the molecule is O=Cc1c(Br)cc(Cl)c(=O)n1CCc1ccc(C(=O)O)cc1. The van der Waals surface area contributed by atoms with E-state index in [2.05, 4.69) is 15.9 Å². The van der Waals surface area contributed by atoms with Gasteiger partial charge in [-0.25, -0.2) is 4.79 Å². The summed E-state index contributed by atoms with van der Waals surface area (Å²) < 4.78 is 1.75. The van der Waals surface area contributed by atoms with Gasteiger partial charge in [0.1, 0.15) is 5.02 Å². The lowest BCUT2D eigenvalue weighted by Gasteiger charge is -2.11. The van der Waals surface area contributed by atoms with Gasteiger partial charge in [-0.1, -0.05) is 23.7 Å². The van der Waals surface area contributed by atoms with Crippen molar-refractivity contribution in [3.8, 4) is 0 Å². The van der Waals surface area contributed by atoms with E-state index in [0.29, 0.717) is 17.2 Å². The van der Waals surface area contributed by atoms with Gasteiger partial charge in [-0.15, -0.1) is 0 Å². The number of aldehydes is 1. The fraction of sp³-hybridized carbons (Fsp3) is 0.133. The Morgan fingerprint density at radius 3 is 2.50 bits per heavy atom. The minimum absolute atomic E-state index is 0.0266. The number of carboxylic acid groups (broad SMARTS) is 1. The van der Waals surface area contributed by atoms with Crippen LogP contribution in [0.5, 0.6) is 0 Å². The van der Waals surface area contributed by atoms with Crippen LogP contribution in [0.2, 0.25) is 5.02 Å². The summed E-state index contributed by atoms with van der Waals surface area (Å²) in [4.78, 5) is 34.0. The molecular weight excluding hydrogens is 374 g/mol. The second kappa shape index (κ2) is 6.89. The molecule has 1 aromatic heterocycles. The van der Waals surface area contributed by atoms with Crippen LogP contribution in [0.25, 0.3) is 0 Å². The smallest absolute Gasteiger partial charge is 0.335 e. The van der Waals surface area contributed by atoms with Crippen LogP contribution in [0.4, 0.5) is 0 Å². The first-order valence-corrected chi connectivity index (χ1v) is 7.47. The summed E-state index contributed by atoms with van der Waals surface area (Å²) in [6, 6.07) is 7.74. The van der Waals surface area contributed by atoms with Crippen LogP contribution in [0.1, 0.15) is 26.4 Å². The topological polar surface area (TPSA) is 76.4 Å². The molecule has 0 aliphatic heterocycles. The summed E-state index contributed by atoms with van der Waals surface area (Å²) in [6.45, 7) is 0.262. The maximum absolute atomic E-state index is 12.0. The molecule has 0 bridgehead atoms. The van der Waals surface area contributed by atoms with Gasteiger partial charge in [0, 0.05) is 11.0 Å². The van der Waals surface area contributed by atoms with Crippen molar-refractivity contribution in [2.24, 2.45) is 0 Å². The highest BCUT2D eigenvalue weighted by Gasteiger charge is 2.12. The van der Waals surface area contributed by atoms with E-state index in [1.165, 1.54) is 22.8 Å². The average Bonchev–Trinajstić information content (AvgIpc) is 2.49. The molecule has 0 atom stereocenters. The number of hydrogen-bond acceptors (Lipinski definition) is 3. The molecule has 0 aliphatic carbocycles. The summed E-state index contributed by atoms with van der Waals surface area (Å²) >= 11 is 9.04. The Morgan fingerprint density at radius 2 is 1.95 bits per heavy atom. The number of aromatic nitrogens is 1. The summed E-state index contributed by atoms with van der Waals surface area (Å²) in [5.41, 5.74) is 0.829. The maximum atomic E-state index is 12.0. The zero-order chi connectivity index (χ0) is 16.3. The van der Waals surface area contributed by atoms with E-state index in [1.807, 2.05) is 0 Å². The normalized spacial score (nSPS) is 10.5. The van der Waals surface area contributed by atoms with Crippen molar-refractivity contribution in [2.75, 3.05) is 0 Å². The number of rotatable bonds is 5. The quantitative estimate of drug-likeness (QED) is 0.804. The van der Waals surface area contributed by atoms with Gasteiger partial charge in [-0.05, 0) is 46.1 Å². The molecule has 22 heavy (non-hydrogen) atoms. The third-order valence-corrected chi connectivity index (χ3v) is 4.08. The molecule has 0 radical (unpaired) electrons. The predicted octanol–water partition coefficient (Wildman–Crippen LogP) is 3.02. The number of halogens is 2. The molecule has 0 fully saturated rings. The number of carbonyl (C=O) groups is 2. The van der Waals surface area contributed by atoms with Gasteiger partial charge in [-0.3, -0.25) is 9.59 Å². The highest BCUT2D eigenvalue weighted by molar-refractivity contribution is 9.10. The predicted molar refractivity (Wildman–Crippen MR) is 85.9 cm³/mol. The molecule has 5 nitrogen and oxygen atoms in total. The molecule has 0 spiro atoms. The molecule has 7 heteroatoms. The Labute approximate surface area is 139 Å². The van der Waals surface area contributed by atoms with Gasteiger partial charge in [0.15, 0.2) is 6.29 Å². The monoisotopic (exact) mass is 383 g/mol. The lowest BCUT2D eigenvalue weighted by molar-refractivity contribution is 0.0696. The Balaban J connectivity index is 2.26. The van der Waals surface area contributed by atoms with Crippen LogP contribution >= 0.6 is 27.5 Å². The minimum Gasteiger partial charge on any atom is -0.478 e. The fourth-order valence-corrected chi connectivity index (χ4v) is 2.89. The first-order chi connectivity index (χ1) is 10.4. The van der Waals surface area contributed by atoms with Crippen molar-refractivity contribution in [1.82, 2.24) is 4.57 Å². The summed E-state index contributed by atoms with van der Waals surface area (Å²) in [7, 11) is 0. The molecule has 1 aromatic carbocycles. The molecule has 114 valence electrons. The first kappa shape index (κ1) is 16.5. The molecule has 0 unspecified atom stereocenters. The second-order valence-corrected chi connectivity index (χ2v) is 5.81. The standard InChI is InChI=1S/C15H11BrClNO4/c16-11-7-12(17)14(20)18(13(11)8-19)6-5-9-1-3-10(4-2-9)15(21)22/h1-4,7-8H,5-6H2,(H,21,22). The van der Waals surface area contributed by atoms with Gasteiger partial charge in [-0.2, -0.15) is 0 Å². The van der Waals surface area contributed by atoms with E-state index in [9.17, 15) is 14.4 Å². The lowest BCUT2D eigenvalue weighted by atomic mass is 10.1. The molecule has 2 aromatic rings. The summed E-state index contributed by atoms with van der Waals surface area (Å²) in [5.74, 6) is -0.996. The van der Waals surface area contributed by atoms with Crippen molar-refractivity contribution in [3.05, 3.63) is 67.0 Å². The van der Waals surface area contributed by atoms with Crippen molar-refractivity contribution < 1.29 is 14.7 Å². The number of hydrogen-bond donors (Lipinski definition) is 1.